The third-order valence-electron chi connectivity index (χ3n) is 5.74. The minimum Gasteiger partial charge on any atom is -0.382 e. The maximum Gasteiger partial charge on any atom is 0.0489 e. The summed E-state index contributed by atoms with van der Waals surface area (Å²) in [5.74, 6) is 2.30. The Morgan fingerprint density at radius 2 is 1.92 bits per heavy atom. The summed E-state index contributed by atoms with van der Waals surface area (Å²) in [5.41, 5.74) is 2.37. The van der Waals surface area contributed by atoms with Crippen molar-refractivity contribution in [1.29, 1.82) is 0 Å². The average molecular weight is 350 g/mol. The molecule has 1 heterocycles. The van der Waals surface area contributed by atoms with Gasteiger partial charge in [0.25, 0.3) is 0 Å². The molecule has 2 fully saturated rings. The summed E-state index contributed by atoms with van der Waals surface area (Å²) >= 11 is 0. The zero-order chi connectivity index (χ0) is 16.9. The largest absolute Gasteiger partial charge is 0.382 e. The van der Waals surface area contributed by atoms with Crippen molar-refractivity contribution in [2.24, 2.45) is 11.8 Å². The minimum absolute atomic E-state index is 0.302. The first-order chi connectivity index (χ1) is 11.6. The highest BCUT2D eigenvalue weighted by Crippen LogP contribution is 2.31. The minimum atomic E-state index is -0.791. The van der Waals surface area contributed by atoms with E-state index < -0.39 is 10.8 Å². The van der Waals surface area contributed by atoms with Crippen LogP contribution < -0.4 is 5.32 Å². The van der Waals surface area contributed by atoms with E-state index in [0.29, 0.717) is 17.0 Å². The summed E-state index contributed by atoms with van der Waals surface area (Å²) in [6.45, 7) is 6.26. The molecule has 1 aromatic carbocycles. The lowest BCUT2D eigenvalue weighted by atomic mass is 9.79. The van der Waals surface area contributed by atoms with E-state index in [0.717, 1.165) is 37.9 Å². The highest BCUT2D eigenvalue weighted by molar-refractivity contribution is 7.84. The highest BCUT2D eigenvalue weighted by atomic mass is 32.2. The fraction of sp³-hybridized carbons (Fsp3) is 0.700. The molecule has 134 valence electrons. The Morgan fingerprint density at radius 1 is 1.12 bits per heavy atom. The van der Waals surface area contributed by atoms with Gasteiger partial charge in [0.1, 0.15) is 0 Å². The molecule has 3 nitrogen and oxygen atoms in total. The van der Waals surface area contributed by atoms with E-state index in [1.165, 1.54) is 30.5 Å². The molecule has 4 atom stereocenters. The second-order valence-electron chi connectivity index (χ2n) is 7.65. The number of rotatable bonds is 5. The molecule has 3 rings (SSSR count). The third-order valence-corrected chi connectivity index (χ3v) is 7.58. The maximum atomic E-state index is 12.6. The second-order valence-corrected chi connectivity index (χ2v) is 9.36. The summed E-state index contributed by atoms with van der Waals surface area (Å²) in [7, 11) is -0.791. The zero-order valence-electron chi connectivity index (χ0n) is 15.0. The van der Waals surface area contributed by atoms with Gasteiger partial charge in [-0.25, -0.2) is 0 Å². The van der Waals surface area contributed by atoms with Gasteiger partial charge in [-0.2, -0.15) is 0 Å². The van der Waals surface area contributed by atoms with E-state index in [1.54, 1.807) is 0 Å². The molecule has 4 heteroatoms. The van der Waals surface area contributed by atoms with Crippen molar-refractivity contribution in [3.63, 3.8) is 0 Å². The number of ether oxygens (including phenoxy) is 1. The second kappa shape index (κ2) is 8.48. The van der Waals surface area contributed by atoms with Crippen molar-refractivity contribution in [2.45, 2.75) is 63.0 Å². The first-order valence-electron chi connectivity index (χ1n) is 9.42. The lowest BCUT2D eigenvalue weighted by molar-refractivity contribution is 0.0992. The summed E-state index contributed by atoms with van der Waals surface area (Å²) in [6.07, 6.45) is 5.68. The molecule has 0 aromatic heterocycles. The smallest absolute Gasteiger partial charge is 0.0489 e. The van der Waals surface area contributed by atoms with Gasteiger partial charge in [0.15, 0.2) is 0 Å². The molecule has 1 aliphatic carbocycles. The lowest BCUT2D eigenvalue weighted by Gasteiger charge is -2.33. The molecule has 2 aliphatic rings. The molecule has 1 saturated heterocycles. The van der Waals surface area contributed by atoms with Gasteiger partial charge in [-0.05, 0) is 61.6 Å². The van der Waals surface area contributed by atoms with E-state index in [-0.39, 0.29) is 0 Å². The molecule has 1 aromatic rings. The third kappa shape index (κ3) is 4.82. The van der Waals surface area contributed by atoms with Crippen LogP contribution in [0.25, 0.3) is 0 Å². The Bertz CT molecular complexity index is 556. The predicted molar refractivity (Wildman–Crippen MR) is 102 cm³/mol. The summed E-state index contributed by atoms with van der Waals surface area (Å²) in [5, 5.41) is 4.01. The highest BCUT2D eigenvalue weighted by Gasteiger charge is 2.24. The van der Waals surface area contributed by atoms with Crippen LogP contribution in [-0.2, 0) is 21.3 Å². The first-order valence-corrected chi connectivity index (χ1v) is 10.8. The van der Waals surface area contributed by atoms with Crippen molar-refractivity contribution in [3.05, 3.63) is 29.8 Å². The number of benzene rings is 1. The predicted octanol–water partition coefficient (Wildman–Crippen LogP) is 4.35. The Labute approximate surface area is 149 Å². The first kappa shape index (κ1) is 17.9. The number of anilines is 1. The summed E-state index contributed by atoms with van der Waals surface area (Å²) in [6, 6.07) is 9.11. The van der Waals surface area contributed by atoms with Gasteiger partial charge in [-0.1, -0.05) is 26.0 Å². The topological polar surface area (TPSA) is 38.3 Å². The lowest BCUT2D eigenvalue weighted by Crippen LogP contribution is -2.30. The van der Waals surface area contributed by atoms with Crippen LogP contribution in [0, 0.1) is 11.8 Å². The monoisotopic (exact) mass is 349 g/mol. The van der Waals surface area contributed by atoms with Crippen LogP contribution in [0.3, 0.4) is 0 Å². The van der Waals surface area contributed by atoms with Crippen molar-refractivity contribution in [2.75, 3.05) is 18.5 Å². The van der Waals surface area contributed by atoms with Gasteiger partial charge >= 0.3 is 0 Å². The number of hydrogen-bond donors (Lipinski definition) is 1. The van der Waals surface area contributed by atoms with E-state index >= 15 is 0 Å². The van der Waals surface area contributed by atoms with Gasteiger partial charge < -0.3 is 10.1 Å². The summed E-state index contributed by atoms with van der Waals surface area (Å²) in [4.78, 5) is 0. The van der Waals surface area contributed by atoms with Crippen molar-refractivity contribution >= 4 is 16.5 Å². The quantitative estimate of drug-likeness (QED) is 0.859. The number of hydrogen-bond acceptors (Lipinski definition) is 3. The van der Waals surface area contributed by atoms with E-state index in [2.05, 4.69) is 43.4 Å². The molecular weight excluding hydrogens is 318 g/mol. The van der Waals surface area contributed by atoms with Gasteiger partial charge in [-0.3, -0.25) is 4.21 Å². The van der Waals surface area contributed by atoms with Crippen LogP contribution in [0.1, 0.15) is 51.5 Å². The van der Waals surface area contributed by atoms with Crippen molar-refractivity contribution < 1.29 is 8.95 Å². The maximum absolute atomic E-state index is 12.6. The SMILES string of the molecule is C[C@@H]1CC[C@H](Nc2cccc(C[S@@](=O)C3CCOCC3)c2)C[C@@H]1C. The number of nitrogens with one attached hydrogen (secondary N) is 1. The Hall–Kier alpha value is -0.870. The van der Waals surface area contributed by atoms with E-state index in [1.807, 2.05) is 0 Å². The Morgan fingerprint density at radius 3 is 2.67 bits per heavy atom. The van der Waals surface area contributed by atoms with Crippen LogP contribution in [0.2, 0.25) is 0 Å². The van der Waals surface area contributed by atoms with Crippen LogP contribution in [-0.4, -0.2) is 28.7 Å². The Balaban J connectivity index is 1.56. The Kier molecular flexibility index (Phi) is 6.34. The molecule has 1 aliphatic heterocycles. The zero-order valence-corrected chi connectivity index (χ0v) is 15.8. The van der Waals surface area contributed by atoms with Crippen molar-refractivity contribution in [3.8, 4) is 0 Å². The van der Waals surface area contributed by atoms with Crippen LogP contribution >= 0.6 is 0 Å². The van der Waals surface area contributed by atoms with E-state index in [9.17, 15) is 4.21 Å². The van der Waals surface area contributed by atoms with Crippen LogP contribution in [0.15, 0.2) is 24.3 Å². The van der Waals surface area contributed by atoms with Gasteiger partial charge in [0.2, 0.25) is 0 Å². The molecule has 0 unspecified atom stereocenters. The van der Waals surface area contributed by atoms with Crippen molar-refractivity contribution in [1.82, 2.24) is 0 Å². The molecule has 0 bridgehead atoms. The molecule has 0 radical (unpaired) electrons. The average Bonchev–Trinajstić information content (AvgIpc) is 2.59. The fourth-order valence-corrected chi connectivity index (χ4v) is 5.35. The van der Waals surface area contributed by atoms with E-state index in [4.69, 9.17) is 4.74 Å². The summed E-state index contributed by atoms with van der Waals surface area (Å²) < 4.78 is 18.0. The van der Waals surface area contributed by atoms with Crippen LogP contribution in [0.4, 0.5) is 5.69 Å². The molecule has 0 amide bonds. The normalized spacial score (nSPS) is 30.0. The van der Waals surface area contributed by atoms with Gasteiger partial charge in [0, 0.05) is 46.7 Å². The van der Waals surface area contributed by atoms with Crippen LogP contribution in [0.5, 0.6) is 0 Å². The fourth-order valence-electron chi connectivity index (χ4n) is 3.89. The molecular formula is C20H31NO2S. The standard InChI is InChI=1S/C20H31NO2S/c1-15-6-7-19(12-16(15)2)21-18-5-3-4-17(13-18)14-24(22)20-8-10-23-11-9-20/h3-5,13,15-16,19-21H,6-12,14H2,1-2H3/t15-,16+,19+,24-/m1/s1. The van der Waals surface area contributed by atoms with Gasteiger partial charge in [0.05, 0.1) is 0 Å². The molecule has 1 N–H and O–H groups in total. The van der Waals surface area contributed by atoms with Gasteiger partial charge in [-0.15, -0.1) is 0 Å². The molecule has 24 heavy (non-hydrogen) atoms. The molecule has 0 spiro atoms. The molecule has 1 saturated carbocycles.